The summed E-state index contributed by atoms with van der Waals surface area (Å²) in [6.07, 6.45) is 1.07. The summed E-state index contributed by atoms with van der Waals surface area (Å²) in [5.41, 5.74) is 2.11. The Balaban J connectivity index is 1.71. The number of benzene rings is 2. The molecule has 2 N–H and O–H groups in total. The van der Waals surface area contributed by atoms with Gasteiger partial charge in [-0.3, -0.25) is 4.79 Å². The number of anilines is 1. The molecule has 2 aromatic carbocycles. The second-order valence-corrected chi connectivity index (χ2v) is 9.54. The second-order valence-electron chi connectivity index (χ2n) is 8.69. The zero-order valence-electron chi connectivity index (χ0n) is 18.6. The highest BCUT2D eigenvalue weighted by molar-refractivity contribution is 6.33. The van der Waals surface area contributed by atoms with Gasteiger partial charge in [-0.2, -0.15) is 0 Å². The lowest BCUT2D eigenvalue weighted by molar-refractivity contribution is -0.00558. The summed E-state index contributed by atoms with van der Waals surface area (Å²) >= 11 is 12.7. The van der Waals surface area contributed by atoms with Crippen LogP contribution in [0.5, 0.6) is 0 Å². The van der Waals surface area contributed by atoms with Gasteiger partial charge in [-0.25, -0.2) is 4.98 Å². The number of hydrogen-bond acceptors (Lipinski definition) is 5. The van der Waals surface area contributed by atoms with Gasteiger partial charge in [0.25, 0.3) is 5.91 Å². The first-order valence-corrected chi connectivity index (χ1v) is 12.2. The molecular weight excluding hydrogens is 475 g/mol. The molecular formula is C25H26Cl2N4O3. The number of nitrogens with zero attached hydrogens (tertiary/aromatic N) is 4. The standard InChI is InChI=1S/C25H26Cl2N4O3/c26-17-10-8-16(9-11-17)15-31-21-23(28-22(31)18-5-1-2-6-19(18)27)29-12-3-7-20(29)24(33)30(25(21)34)13-4-14-32/h1-2,5-6,8-11,20,24,32-33H,3-4,7,12-15H2. The first kappa shape index (κ1) is 23.2. The molecule has 1 fully saturated rings. The van der Waals surface area contributed by atoms with Gasteiger partial charge in [0.1, 0.15) is 12.1 Å². The molecule has 0 saturated carbocycles. The van der Waals surface area contributed by atoms with Crippen LogP contribution < -0.4 is 4.90 Å². The second kappa shape index (κ2) is 9.58. The number of fused-ring (bicyclic) bond motifs is 3. The predicted octanol–water partition coefficient (Wildman–Crippen LogP) is 4.03. The van der Waals surface area contributed by atoms with Crippen LogP contribution in [0.4, 0.5) is 5.82 Å². The van der Waals surface area contributed by atoms with Gasteiger partial charge in [-0.05, 0) is 49.1 Å². The largest absolute Gasteiger partial charge is 0.396 e. The average Bonchev–Trinajstić information content (AvgIpc) is 3.44. The van der Waals surface area contributed by atoms with Gasteiger partial charge in [0.15, 0.2) is 11.5 Å². The number of hydrogen-bond donors (Lipinski definition) is 2. The Bertz CT molecular complexity index is 1200. The molecule has 34 heavy (non-hydrogen) atoms. The van der Waals surface area contributed by atoms with E-state index in [1.807, 2.05) is 47.0 Å². The summed E-state index contributed by atoms with van der Waals surface area (Å²) in [6, 6.07) is 14.7. The first-order valence-electron chi connectivity index (χ1n) is 11.5. The van der Waals surface area contributed by atoms with Crippen molar-refractivity contribution in [2.45, 2.75) is 38.1 Å². The van der Waals surface area contributed by atoms with E-state index in [9.17, 15) is 15.0 Å². The van der Waals surface area contributed by atoms with Crippen LogP contribution in [0.15, 0.2) is 48.5 Å². The number of rotatable bonds is 6. The van der Waals surface area contributed by atoms with E-state index in [1.54, 1.807) is 6.07 Å². The van der Waals surface area contributed by atoms with Crippen molar-refractivity contribution >= 4 is 34.9 Å². The zero-order chi connectivity index (χ0) is 23.8. The van der Waals surface area contributed by atoms with E-state index in [0.29, 0.717) is 46.9 Å². The summed E-state index contributed by atoms with van der Waals surface area (Å²) in [4.78, 5) is 22.4. The summed E-state index contributed by atoms with van der Waals surface area (Å²) < 4.78 is 1.89. The molecule has 0 bridgehead atoms. The van der Waals surface area contributed by atoms with Crippen molar-refractivity contribution < 1.29 is 15.0 Å². The topological polar surface area (TPSA) is 81.8 Å². The van der Waals surface area contributed by atoms with Gasteiger partial charge in [0.05, 0.1) is 11.1 Å². The average molecular weight is 501 g/mol. The Morgan fingerprint density at radius 2 is 1.85 bits per heavy atom. The fraction of sp³-hybridized carbons (Fsp3) is 0.360. The lowest BCUT2D eigenvalue weighted by Gasteiger charge is -2.32. The van der Waals surface area contributed by atoms with E-state index in [1.165, 1.54) is 4.90 Å². The Kier molecular flexibility index (Phi) is 6.53. The Morgan fingerprint density at radius 3 is 2.59 bits per heavy atom. The molecule has 9 heteroatoms. The molecule has 7 nitrogen and oxygen atoms in total. The maximum atomic E-state index is 13.9. The highest BCUT2D eigenvalue weighted by Crippen LogP contribution is 2.39. The number of carbonyl (C=O) groups is 1. The molecule has 2 unspecified atom stereocenters. The number of halogens is 2. The number of carbonyl (C=O) groups excluding carboxylic acids is 1. The maximum absolute atomic E-state index is 13.9. The first-order chi connectivity index (χ1) is 16.5. The molecule has 178 valence electrons. The molecule has 3 aromatic rings. The highest BCUT2D eigenvalue weighted by Gasteiger charge is 2.44. The zero-order valence-corrected chi connectivity index (χ0v) is 20.1. The Hall–Kier alpha value is -2.58. The van der Waals surface area contributed by atoms with Crippen molar-refractivity contribution in [2.75, 3.05) is 24.6 Å². The van der Waals surface area contributed by atoms with Crippen LogP contribution in [-0.2, 0) is 6.54 Å². The van der Waals surface area contributed by atoms with Gasteiger partial charge >= 0.3 is 0 Å². The number of aliphatic hydroxyl groups excluding tert-OH is 2. The molecule has 2 aliphatic rings. The molecule has 1 saturated heterocycles. The fourth-order valence-electron chi connectivity index (χ4n) is 4.93. The summed E-state index contributed by atoms with van der Waals surface area (Å²) in [5, 5.41) is 21.7. The molecule has 0 aliphatic carbocycles. The minimum Gasteiger partial charge on any atom is -0.396 e. The van der Waals surface area contributed by atoms with Gasteiger partial charge in [-0.15, -0.1) is 0 Å². The van der Waals surface area contributed by atoms with Crippen LogP contribution in [0.3, 0.4) is 0 Å². The number of imidazole rings is 1. The van der Waals surface area contributed by atoms with Crippen molar-refractivity contribution in [3.63, 3.8) is 0 Å². The molecule has 2 aliphatic heterocycles. The smallest absolute Gasteiger partial charge is 0.276 e. The summed E-state index contributed by atoms with van der Waals surface area (Å²) in [6.45, 7) is 1.28. The van der Waals surface area contributed by atoms with E-state index in [2.05, 4.69) is 4.90 Å². The van der Waals surface area contributed by atoms with E-state index >= 15 is 0 Å². The van der Waals surface area contributed by atoms with Crippen molar-refractivity contribution in [3.8, 4) is 11.4 Å². The monoisotopic (exact) mass is 500 g/mol. The highest BCUT2D eigenvalue weighted by atomic mass is 35.5. The minimum atomic E-state index is -0.969. The van der Waals surface area contributed by atoms with Gasteiger partial charge < -0.3 is 24.6 Å². The molecule has 0 radical (unpaired) electrons. The Morgan fingerprint density at radius 1 is 1.09 bits per heavy atom. The lowest BCUT2D eigenvalue weighted by atomic mass is 10.1. The van der Waals surface area contributed by atoms with Gasteiger partial charge in [0, 0.05) is 36.8 Å². The van der Waals surface area contributed by atoms with E-state index in [4.69, 9.17) is 28.2 Å². The minimum absolute atomic E-state index is 0.0628. The van der Waals surface area contributed by atoms with E-state index in [0.717, 1.165) is 24.0 Å². The fourth-order valence-corrected chi connectivity index (χ4v) is 5.28. The molecule has 1 aromatic heterocycles. The van der Waals surface area contributed by atoms with Crippen molar-refractivity contribution in [2.24, 2.45) is 0 Å². The van der Waals surface area contributed by atoms with Gasteiger partial charge in [-0.1, -0.05) is 47.5 Å². The van der Waals surface area contributed by atoms with Crippen LogP contribution in [0.25, 0.3) is 11.4 Å². The summed E-state index contributed by atoms with van der Waals surface area (Å²) in [5.74, 6) is 0.870. The number of aromatic nitrogens is 2. The predicted molar refractivity (Wildman–Crippen MR) is 132 cm³/mol. The van der Waals surface area contributed by atoms with Gasteiger partial charge in [0.2, 0.25) is 0 Å². The molecule has 5 rings (SSSR count). The van der Waals surface area contributed by atoms with Crippen molar-refractivity contribution in [1.82, 2.24) is 14.5 Å². The number of aliphatic hydroxyl groups is 2. The van der Waals surface area contributed by atoms with Crippen LogP contribution in [0.2, 0.25) is 10.0 Å². The van der Waals surface area contributed by atoms with Crippen LogP contribution in [0, 0.1) is 0 Å². The summed E-state index contributed by atoms with van der Waals surface area (Å²) in [7, 11) is 0. The van der Waals surface area contributed by atoms with Crippen molar-refractivity contribution in [1.29, 1.82) is 0 Å². The number of amides is 1. The van der Waals surface area contributed by atoms with Crippen LogP contribution in [-0.4, -0.2) is 62.5 Å². The van der Waals surface area contributed by atoms with E-state index in [-0.39, 0.29) is 25.1 Å². The quantitative estimate of drug-likeness (QED) is 0.533. The SMILES string of the molecule is O=C1c2c(nc(-c3ccccc3Cl)n2Cc2ccc(Cl)cc2)N2CCCC2C(O)N1CCCO. The molecule has 1 amide bonds. The normalized spacial score (nSPS) is 19.8. The lowest BCUT2D eigenvalue weighted by Crippen LogP contribution is -2.50. The third kappa shape index (κ3) is 4.07. The van der Waals surface area contributed by atoms with Crippen LogP contribution in [0.1, 0.15) is 35.3 Å². The van der Waals surface area contributed by atoms with Crippen molar-refractivity contribution in [3.05, 3.63) is 69.8 Å². The Labute approximate surface area is 208 Å². The molecule has 0 spiro atoms. The molecule has 3 heterocycles. The maximum Gasteiger partial charge on any atom is 0.276 e. The van der Waals surface area contributed by atoms with Crippen LogP contribution >= 0.6 is 23.2 Å². The van der Waals surface area contributed by atoms with E-state index < -0.39 is 6.23 Å². The molecule has 2 atom stereocenters. The third-order valence-electron chi connectivity index (χ3n) is 6.57. The third-order valence-corrected chi connectivity index (χ3v) is 7.15.